The van der Waals surface area contributed by atoms with Crippen molar-refractivity contribution in [2.24, 2.45) is 4.99 Å². The second kappa shape index (κ2) is 34.7. The molecule has 0 saturated heterocycles. The fraction of sp³-hybridized carbons (Fsp3) is 0.113. The SMILES string of the molecule is C#Cc1cccc(N)c1.C#Cc1cccc(Nc2ncnc3cc(C)c(C)cc23)c1.C#Cc1cccc(Nc2ncnc3cc(O)c(O)cc23)c1.COc1cc2nc[nH]c(=O)c2cc1OC.Cc1cc2c(cc1C)C(Cl)N=CN2.Cc1cc2nc[nH]c(=O)c2cc1C.O=c1[nH]cnc2cc(O)c(O)cc12. The molecule has 12 N–H and O–H groups in total. The second-order valence-electron chi connectivity index (χ2n) is 23.2. The molecule has 105 heavy (non-hydrogen) atoms. The Morgan fingerprint density at radius 3 is 1.32 bits per heavy atom. The number of nitrogens with one attached hydrogen (secondary N) is 6. The van der Waals surface area contributed by atoms with Crippen LogP contribution in [-0.4, -0.2) is 90.8 Å². The topological polar surface area (TPSA) is 363 Å². The summed E-state index contributed by atoms with van der Waals surface area (Å²) >= 11 is 6.03. The Kier molecular flexibility index (Phi) is 24.7. The number of ether oxygens (including phenoxy) is 2. The molecule has 5 aromatic heterocycles. The minimum absolute atomic E-state index is 0.0758. The Hall–Kier alpha value is -14.3. The maximum absolute atomic E-state index is 11.5. The van der Waals surface area contributed by atoms with Crippen molar-refractivity contribution < 1.29 is 29.9 Å². The number of halogens is 1. The molecular weight excluding hydrogens is 1350 g/mol. The number of terminal acetylenes is 3. The standard InChI is InChI=1S/C18H15N3.C16H11N3O2.C10H11ClN2.C10H10N2O3.C10H10N2O.C8H6N2O3.C8H7N/c1-4-14-6-5-7-15(10-14)21-18-16-8-12(2)13(3)9-17(16)19-11-20-18;1-2-10-4-3-5-11(6-10)19-16-12-7-14(20)15(21)8-13(12)17-9-18-16;1-6-3-8-9(4-7(6)2)12-5-13-10(8)11;1-14-8-3-6-7(4-9(8)15-2)11-5-12-10(6)13;1-6-3-8-9(4-7(6)2)11-5-12-10(8)13;11-6-1-4-5(2-7(6)12)9-3-10-8(4)13;1-2-7-4-3-5-8(9)6-7/h1,5-11H,2-3H3,(H,19,20,21);1,3-9,20-21H,(H,17,18,19);3-5,10H,1-2H3,(H,12,13);3-5H,1-2H3,(H,11,12,13);3-5H,1-2H3,(H,11,12,13);1-3,11-12H,(H,9,10,13);1,3-6H,9H2. The number of aryl methyl sites for hydroxylation is 6. The van der Waals surface area contributed by atoms with Gasteiger partial charge in [0.25, 0.3) is 16.7 Å². The first-order valence-corrected chi connectivity index (χ1v) is 32.3. The Labute approximate surface area is 606 Å². The van der Waals surface area contributed by atoms with Crippen LogP contribution in [0.5, 0.6) is 34.5 Å². The zero-order valence-corrected chi connectivity index (χ0v) is 58.7. The number of H-pyrrole nitrogens is 3. The number of nitrogen functional groups attached to an aromatic ring is 1. The molecule has 0 amide bonds. The number of anilines is 6. The minimum atomic E-state index is -0.347. The highest BCUT2D eigenvalue weighted by Gasteiger charge is 2.16. The van der Waals surface area contributed by atoms with Gasteiger partial charge in [-0.25, -0.2) is 34.9 Å². The number of nitrogens with two attached hydrogens (primary N) is 1. The van der Waals surface area contributed by atoms with Crippen molar-refractivity contribution >= 4 is 107 Å². The largest absolute Gasteiger partial charge is 0.504 e. The number of aromatic amines is 3. The highest BCUT2D eigenvalue weighted by molar-refractivity contribution is 6.22. The summed E-state index contributed by atoms with van der Waals surface area (Å²) in [5.41, 5.74) is 21.9. The first kappa shape index (κ1) is 74.9. The molecular formula is C80H70ClN15O9. The number of aromatic nitrogens is 10. The van der Waals surface area contributed by atoms with E-state index in [1.165, 1.54) is 86.0 Å². The number of benzene rings is 9. The van der Waals surface area contributed by atoms with Crippen LogP contribution < -0.4 is 47.8 Å². The number of phenolic OH excluding ortho intramolecular Hbond substituents is 4. The van der Waals surface area contributed by atoms with Gasteiger partial charge < -0.3 is 66.5 Å². The molecule has 1 atom stereocenters. The third-order valence-corrected chi connectivity index (χ3v) is 16.5. The third-order valence-electron chi connectivity index (χ3n) is 16.1. The fourth-order valence-electron chi connectivity index (χ4n) is 10.1. The molecule has 15 rings (SSSR count). The van der Waals surface area contributed by atoms with Crippen molar-refractivity contribution in [2.45, 2.75) is 47.0 Å². The third kappa shape index (κ3) is 19.2. The number of aromatic hydroxyl groups is 4. The van der Waals surface area contributed by atoms with E-state index in [-0.39, 0.29) is 50.6 Å². The first-order chi connectivity index (χ1) is 50.5. The zero-order chi connectivity index (χ0) is 75.4. The van der Waals surface area contributed by atoms with E-state index in [0.717, 1.165) is 72.7 Å². The fourth-order valence-corrected chi connectivity index (χ4v) is 10.3. The lowest BCUT2D eigenvalue weighted by atomic mass is 10.0. The van der Waals surface area contributed by atoms with E-state index in [0.29, 0.717) is 55.7 Å². The predicted molar refractivity (Wildman–Crippen MR) is 416 cm³/mol. The summed E-state index contributed by atoms with van der Waals surface area (Å²) in [6.07, 6.45) is 24.6. The molecule has 1 unspecified atom stereocenters. The van der Waals surface area contributed by atoms with Crippen molar-refractivity contribution in [1.82, 2.24) is 49.8 Å². The average molecular weight is 1420 g/mol. The lowest BCUT2D eigenvalue weighted by Crippen LogP contribution is -2.07. The van der Waals surface area contributed by atoms with Gasteiger partial charge in [-0.15, -0.1) is 19.3 Å². The number of alkyl halides is 1. The molecule has 0 fully saturated rings. The van der Waals surface area contributed by atoms with Crippen molar-refractivity contribution in [3.63, 3.8) is 0 Å². The lowest BCUT2D eigenvalue weighted by Gasteiger charge is -2.18. The molecule has 6 heterocycles. The van der Waals surface area contributed by atoms with E-state index in [9.17, 15) is 24.6 Å². The average Bonchev–Trinajstić information content (AvgIpc) is 0.829. The van der Waals surface area contributed by atoms with Crippen LogP contribution >= 0.6 is 11.6 Å². The molecule has 25 heteroatoms. The van der Waals surface area contributed by atoms with Gasteiger partial charge in [-0.2, -0.15) is 0 Å². The molecule has 9 aromatic carbocycles. The maximum Gasteiger partial charge on any atom is 0.258 e. The van der Waals surface area contributed by atoms with Crippen LogP contribution in [-0.2, 0) is 0 Å². The van der Waals surface area contributed by atoms with E-state index in [2.05, 4.69) is 141 Å². The number of nitrogens with zero attached hydrogens (tertiary/aromatic N) is 8. The maximum atomic E-state index is 11.5. The second-order valence-corrected chi connectivity index (χ2v) is 23.7. The molecule has 1 aliphatic rings. The lowest BCUT2D eigenvalue weighted by molar-refractivity contribution is 0.355. The Bertz CT molecular complexity index is 5660. The number of hydrogen-bond acceptors (Lipinski definition) is 21. The van der Waals surface area contributed by atoms with Gasteiger partial charge in [0.15, 0.2) is 40.0 Å². The molecule has 526 valence electrons. The summed E-state index contributed by atoms with van der Waals surface area (Å²) < 4.78 is 10.2. The van der Waals surface area contributed by atoms with Crippen LogP contribution in [0.1, 0.15) is 61.1 Å². The van der Waals surface area contributed by atoms with Crippen LogP contribution in [0, 0.1) is 78.6 Å². The van der Waals surface area contributed by atoms with E-state index >= 15 is 0 Å². The Morgan fingerprint density at radius 1 is 0.448 bits per heavy atom. The van der Waals surface area contributed by atoms with Crippen molar-refractivity contribution in [2.75, 3.05) is 35.9 Å². The van der Waals surface area contributed by atoms with Crippen molar-refractivity contribution in [1.29, 1.82) is 0 Å². The monoisotopic (exact) mass is 1420 g/mol. The van der Waals surface area contributed by atoms with Gasteiger partial charge >= 0.3 is 0 Å². The summed E-state index contributed by atoms with van der Waals surface area (Å²) in [7, 11) is 3.06. The van der Waals surface area contributed by atoms with Crippen LogP contribution in [0.3, 0.4) is 0 Å². The molecule has 24 nitrogen and oxygen atoms in total. The summed E-state index contributed by atoms with van der Waals surface area (Å²) in [6.45, 7) is 12.3. The van der Waals surface area contributed by atoms with Gasteiger partial charge in [0.2, 0.25) is 0 Å². The van der Waals surface area contributed by atoms with E-state index < -0.39 is 0 Å². The van der Waals surface area contributed by atoms with Crippen LogP contribution in [0.15, 0.2) is 197 Å². The van der Waals surface area contributed by atoms with Crippen molar-refractivity contribution in [3.05, 3.63) is 264 Å². The number of methoxy groups -OCH3 is 2. The van der Waals surface area contributed by atoms with Crippen LogP contribution in [0.25, 0.3) is 54.5 Å². The molecule has 0 radical (unpaired) electrons. The van der Waals surface area contributed by atoms with E-state index in [4.69, 9.17) is 56.3 Å². The summed E-state index contributed by atoms with van der Waals surface area (Å²) in [6, 6.07) is 43.0. The molecule has 0 aliphatic carbocycles. The summed E-state index contributed by atoms with van der Waals surface area (Å²) in [4.78, 5) is 74.3. The molecule has 1 aliphatic heterocycles. The number of aliphatic imine (C=N–C) groups is 1. The minimum Gasteiger partial charge on any atom is -0.504 e. The quantitative estimate of drug-likeness (QED) is 0.0242. The van der Waals surface area contributed by atoms with Gasteiger partial charge in [-0.1, -0.05) is 53.6 Å². The highest BCUT2D eigenvalue weighted by atomic mass is 35.5. The summed E-state index contributed by atoms with van der Waals surface area (Å²) in [5.74, 6) is 9.01. The number of hydrogen-bond donors (Lipinski definition) is 11. The smallest absolute Gasteiger partial charge is 0.258 e. The number of rotatable bonds is 6. The first-order valence-electron chi connectivity index (χ1n) is 31.8. The predicted octanol–water partition coefficient (Wildman–Crippen LogP) is 13.8. The molecule has 0 bridgehead atoms. The zero-order valence-electron chi connectivity index (χ0n) is 58.0. The van der Waals surface area contributed by atoms with Gasteiger partial charge in [-0.3, -0.25) is 19.4 Å². The van der Waals surface area contributed by atoms with Crippen LogP contribution in [0.2, 0.25) is 0 Å². The highest BCUT2D eigenvalue weighted by Crippen LogP contribution is 2.36. The number of fused-ring (bicyclic) bond motifs is 6. The van der Waals surface area contributed by atoms with Gasteiger partial charge in [0.05, 0.1) is 83.3 Å². The van der Waals surface area contributed by atoms with Gasteiger partial charge in [-0.05, 0) is 178 Å². The Morgan fingerprint density at radius 2 is 0.829 bits per heavy atom. The summed E-state index contributed by atoms with van der Waals surface area (Å²) in [5, 5.41) is 49.9. The van der Waals surface area contributed by atoms with E-state index in [1.54, 1.807) is 36.9 Å². The molecule has 0 spiro atoms. The van der Waals surface area contributed by atoms with E-state index in [1.807, 2.05) is 86.6 Å². The van der Waals surface area contributed by atoms with Gasteiger partial charge in [0, 0.05) is 74.0 Å². The van der Waals surface area contributed by atoms with Crippen molar-refractivity contribution in [3.8, 4) is 71.5 Å². The normalized spacial score (nSPS) is 11.3. The Balaban J connectivity index is 0.000000144. The molecule has 0 saturated carbocycles. The van der Waals surface area contributed by atoms with Gasteiger partial charge in [0.1, 0.15) is 24.3 Å². The number of phenols is 4. The molecule has 14 aromatic rings. The van der Waals surface area contributed by atoms with Crippen LogP contribution in [0.4, 0.5) is 34.4 Å².